The molecule has 1 aromatic carbocycles. The van der Waals surface area contributed by atoms with Gasteiger partial charge in [-0.2, -0.15) is 0 Å². The van der Waals surface area contributed by atoms with Gasteiger partial charge in [-0.3, -0.25) is 0 Å². The van der Waals surface area contributed by atoms with Crippen molar-refractivity contribution < 1.29 is 8.42 Å². The van der Waals surface area contributed by atoms with Crippen LogP contribution >= 0.6 is 0 Å². The summed E-state index contributed by atoms with van der Waals surface area (Å²) in [5.41, 5.74) is 0.591. The minimum absolute atomic E-state index is 0.308. The van der Waals surface area contributed by atoms with Gasteiger partial charge in [0.25, 0.3) is 0 Å². The second kappa shape index (κ2) is 3.94. The normalized spacial score (nSPS) is 12.8. The van der Waals surface area contributed by atoms with Gasteiger partial charge in [0.2, 0.25) is 10.0 Å². The molecule has 1 aromatic rings. The largest absolute Gasteiger partial charge is 0.241 e. The molecule has 0 aliphatic heterocycles. The van der Waals surface area contributed by atoms with Crippen LogP contribution in [0.2, 0.25) is 0 Å². The molecule has 3 nitrogen and oxygen atoms in total. The van der Waals surface area contributed by atoms with Crippen LogP contribution in [0.1, 0.15) is 26.3 Å². The Bertz CT molecular complexity index is 427. The summed E-state index contributed by atoms with van der Waals surface area (Å²) < 4.78 is 26.3. The third-order valence-corrected chi connectivity index (χ3v) is 3.55. The van der Waals surface area contributed by atoms with Gasteiger partial charge < -0.3 is 0 Å². The quantitative estimate of drug-likeness (QED) is 0.840. The number of hydrogen-bond donors (Lipinski definition) is 1. The fraction of sp³-hybridized carbons (Fsp3) is 0.455. The van der Waals surface area contributed by atoms with Crippen molar-refractivity contribution in [1.29, 1.82) is 0 Å². The summed E-state index contributed by atoms with van der Waals surface area (Å²) in [6.45, 7) is 7.38. The summed E-state index contributed by atoms with van der Waals surface area (Å²) in [7, 11) is -3.38. The lowest BCUT2D eigenvalue weighted by Gasteiger charge is -2.20. The van der Waals surface area contributed by atoms with Gasteiger partial charge >= 0.3 is 0 Å². The molecule has 0 unspecified atom stereocenters. The van der Waals surface area contributed by atoms with Crippen molar-refractivity contribution in [2.45, 2.75) is 38.1 Å². The Balaban J connectivity index is 3.02. The van der Waals surface area contributed by atoms with E-state index in [0.717, 1.165) is 5.56 Å². The highest BCUT2D eigenvalue weighted by Crippen LogP contribution is 2.13. The van der Waals surface area contributed by atoms with Gasteiger partial charge in [-0.1, -0.05) is 17.7 Å². The van der Waals surface area contributed by atoms with Gasteiger partial charge in [0, 0.05) is 5.54 Å². The van der Waals surface area contributed by atoms with Crippen LogP contribution in [0.3, 0.4) is 0 Å². The average molecular weight is 227 g/mol. The molecule has 0 bridgehead atoms. The van der Waals surface area contributed by atoms with Crippen molar-refractivity contribution in [2.24, 2.45) is 0 Å². The van der Waals surface area contributed by atoms with Gasteiger partial charge in [0.05, 0.1) is 4.90 Å². The number of benzene rings is 1. The minimum Gasteiger partial charge on any atom is -0.207 e. The van der Waals surface area contributed by atoms with Crippen LogP contribution in [0, 0.1) is 6.92 Å². The van der Waals surface area contributed by atoms with E-state index in [1.807, 2.05) is 27.7 Å². The molecule has 15 heavy (non-hydrogen) atoms. The van der Waals surface area contributed by atoms with E-state index in [0.29, 0.717) is 4.90 Å². The molecule has 0 aromatic heterocycles. The Morgan fingerprint density at radius 1 is 1.07 bits per heavy atom. The third kappa shape index (κ3) is 3.64. The summed E-state index contributed by atoms with van der Waals surface area (Å²) in [6.07, 6.45) is 0. The first-order chi connectivity index (χ1) is 6.71. The second-order valence-electron chi connectivity index (χ2n) is 4.67. The molecule has 0 radical (unpaired) electrons. The lowest BCUT2D eigenvalue weighted by molar-refractivity contribution is 0.491. The predicted molar refractivity (Wildman–Crippen MR) is 61.3 cm³/mol. The van der Waals surface area contributed by atoms with Crippen molar-refractivity contribution in [3.05, 3.63) is 29.8 Å². The van der Waals surface area contributed by atoms with E-state index in [4.69, 9.17) is 0 Å². The molecule has 1 N–H and O–H groups in total. The second-order valence-corrected chi connectivity index (χ2v) is 6.35. The smallest absolute Gasteiger partial charge is 0.207 e. The Hall–Kier alpha value is -0.870. The van der Waals surface area contributed by atoms with Crippen LogP contribution in [0.4, 0.5) is 0 Å². The maximum absolute atomic E-state index is 11.8. The highest BCUT2D eigenvalue weighted by molar-refractivity contribution is 7.89. The summed E-state index contributed by atoms with van der Waals surface area (Å²) >= 11 is 0. The average Bonchev–Trinajstić information content (AvgIpc) is 2.00. The van der Waals surface area contributed by atoms with Crippen LogP contribution < -0.4 is 4.72 Å². The number of hydrogen-bond acceptors (Lipinski definition) is 2. The SMILES string of the molecule is Cc1ccc(S(=O)(=O)NC(C)(C)C)cc1. The molecule has 0 spiro atoms. The van der Waals surface area contributed by atoms with Crippen LogP contribution in [-0.2, 0) is 10.0 Å². The van der Waals surface area contributed by atoms with Crippen molar-refractivity contribution in [1.82, 2.24) is 4.72 Å². The summed E-state index contributed by atoms with van der Waals surface area (Å²) in [6, 6.07) is 6.81. The molecular formula is C11H17NO2S. The standard InChI is InChI=1S/C11H17NO2S/c1-9-5-7-10(8-6-9)15(13,14)12-11(2,3)4/h5-8,12H,1-4H3. The van der Waals surface area contributed by atoms with E-state index >= 15 is 0 Å². The van der Waals surface area contributed by atoms with E-state index in [-0.39, 0.29) is 0 Å². The van der Waals surface area contributed by atoms with Gasteiger partial charge in [-0.05, 0) is 39.8 Å². The van der Waals surface area contributed by atoms with Crippen molar-refractivity contribution in [2.75, 3.05) is 0 Å². The molecule has 0 aliphatic rings. The first-order valence-corrected chi connectivity index (χ1v) is 6.30. The topological polar surface area (TPSA) is 46.2 Å². The first-order valence-electron chi connectivity index (χ1n) is 4.81. The Labute approximate surface area is 91.6 Å². The maximum atomic E-state index is 11.8. The van der Waals surface area contributed by atoms with E-state index in [2.05, 4.69) is 4.72 Å². The fourth-order valence-electron chi connectivity index (χ4n) is 1.18. The molecule has 0 heterocycles. The fourth-order valence-corrected chi connectivity index (χ4v) is 2.60. The Morgan fingerprint density at radius 2 is 1.53 bits per heavy atom. The van der Waals surface area contributed by atoms with E-state index < -0.39 is 15.6 Å². The molecule has 4 heteroatoms. The molecule has 0 fully saturated rings. The third-order valence-electron chi connectivity index (χ3n) is 1.77. The Kier molecular flexibility index (Phi) is 3.21. The number of aryl methyl sites for hydroxylation is 1. The molecule has 1 rings (SSSR count). The zero-order valence-electron chi connectivity index (χ0n) is 9.53. The monoisotopic (exact) mass is 227 g/mol. The summed E-state index contributed by atoms with van der Waals surface area (Å²) in [5.74, 6) is 0. The van der Waals surface area contributed by atoms with E-state index in [1.54, 1.807) is 24.3 Å². The van der Waals surface area contributed by atoms with Gasteiger partial charge in [-0.15, -0.1) is 0 Å². The first kappa shape index (κ1) is 12.2. The van der Waals surface area contributed by atoms with Crippen molar-refractivity contribution in [3.8, 4) is 0 Å². The van der Waals surface area contributed by atoms with E-state index in [9.17, 15) is 8.42 Å². The molecule has 0 aliphatic carbocycles. The molecule has 0 saturated heterocycles. The number of nitrogens with one attached hydrogen (secondary N) is 1. The molecule has 0 atom stereocenters. The molecular weight excluding hydrogens is 210 g/mol. The minimum atomic E-state index is -3.38. The van der Waals surface area contributed by atoms with Crippen LogP contribution in [0.25, 0.3) is 0 Å². The van der Waals surface area contributed by atoms with Crippen molar-refractivity contribution >= 4 is 10.0 Å². The molecule has 0 amide bonds. The van der Waals surface area contributed by atoms with Gasteiger partial charge in [-0.25, -0.2) is 13.1 Å². The van der Waals surface area contributed by atoms with E-state index in [1.165, 1.54) is 0 Å². The van der Waals surface area contributed by atoms with Gasteiger partial charge in [0.15, 0.2) is 0 Å². The van der Waals surface area contributed by atoms with Gasteiger partial charge in [0.1, 0.15) is 0 Å². The van der Waals surface area contributed by atoms with Crippen LogP contribution in [0.5, 0.6) is 0 Å². The zero-order chi connectivity index (χ0) is 11.7. The molecule has 0 saturated carbocycles. The predicted octanol–water partition coefficient (Wildman–Crippen LogP) is 2.07. The lowest BCUT2D eigenvalue weighted by Crippen LogP contribution is -2.40. The zero-order valence-corrected chi connectivity index (χ0v) is 10.4. The number of rotatable bonds is 2. The van der Waals surface area contributed by atoms with Crippen LogP contribution in [-0.4, -0.2) is 14.0 Å². The highest BCUT2D eigenvalue weighted by atomic mass is 32.2. The molecule has 84 valence electrons. The maximum Gasteiger partial charge on any atom is 0.241 e. The number of sulfonamides is 1. The highest BCUT2D eigenvalue weighted by Gasteiger charge is 2.21. The van der Waals surface area contributed by atoms with Crippen molar-refractivity contribution in [3.63, 3.8) is 0 Å². The Morgan fingerprint density at radius 3 is 1.93 bits per heavy atom. The lowest BCUT2D eigenvalue weighted by atomic mass is 10.1. The van der Waals surface area contributed by atoms with Crippen LogP contribution in [0.15, 0.2) is 29.2 Å². The summed E-state index contributed by atoms with van der Waals surface area (Å²) in [4.78, 5) is 0.308. The summed E-state index contributed by atoms with van der Waals surface area (Å²) in [5, 5.41) is 0.